The van der Waals surface area contributed by atoms with E-state index in [1.165, 1.54) is 57.8 Å². The molecule has 92 heavy (non-hydrogen) atoms. The van der Waals surface area contributed by atoms with Crippen molar-refractivity contribution in [1.29, 1.82) is 0 Å². The maximum atomic E-state index is 12.7. The number of hydrogen-bond donors (Lipinski definition) is 3. The van der Waals surface area contributed by atoms with Crippen LogP contribution in [0.5, 0.6) is 0 Å². The van der Waals surface area contributed by atoms with Crippen molar-refractivity contribution in [2.45, 2.75) is 302 Å². The predicted molar refractivity (Wildman–Crippen MR) is 388 cm³/mol. The Morgan fingerprint density at radius 3 is 1.09 bits per heavy atom. The van der Waals surface area contributed by atoms with Crippen LogP contribution in [0.3, 0.4) is 0 Å². The summed E-state index contributed by atoms with van der Waals surface area (Å²) in [5.41, 5.74) is 6.30. The number of carbonyl (C=O) groups is 3. The smallest absolute Gasteiger partial charge is 0.309 e. The summed E-state index contributed by atoms with van der Waals surface area (Å²) in [6.07, 6.45) is 27.3. The maximum Gasteiger partial charge on any atom is 0.309 e. The van der Waals surface area contributed by atoms with Gasteiger partial charge >= 0.3 is 5.97 Å². The van der Waals surface area contributed by atoms with Crippen LogP contribution in [0.4, 0.5) is 0 Å². The molecule has 0 aromatic carbocycles. The van der Waals surface area contributed by atoms with Crippen molar-refractivity contribution in [1.82, 2.24) is 40.9 Å². The fraction of sp³-hybridized carbons (Fsp3) is 0.725. The Morgan fingerprint density at radius 2 is 0.750 bits per heavy atom. The number of amides is 2. The number of aryl methyl sites for hydroxylation is 1. The summed E-state index contributed by atoms with van der Waals surface area (Å²) in [6.45, 7) is 58.8. The Morgan fingerprint density at radius 1 is 0.391 bits per heavy atom. The molecule has 0 aliphatic rings. The van der Waals surface area contributed by atoms with E-state index in [1.54, 1.807) is 24.8 Å². The minimum absolute atomic E-state index is 0.0179. The molecular formula is C80H138N8O4. The lowest BCUT2D eigenvalue weighted by Gasteiger charge is -2.31. The average Bonchev–Trinajstić information content (AvgIpc) is 1.07. The lowest BCUT2D eigenvalue weighted by Crippen LogP contribution is -2.37. The van der Waals surface area contributed by atoms with Gasteiger partial charge in [0, 0.05) is 43.2 Å². The number of unbranched alkanes of at least 4 members (excludes halogenated alkanes) is 4. The minimum atomic E-state index is -0.0982. The SMILES string of the molecule is CC(C)(C)CCCCC(C(=O)NCc1ccccn1)C(C)(C)C.CC(C)(C)CCCCC(C(=O)OCc1ccccn1)C(C)(C)C.CC(C)(C)CCCCC(CNCc1ccccn1)C(C)(C)C.Cc1cnc(CNC(=O)C(CCCCC(C)(C)C)C(C)(C)C)cn1. The van der Waals surface area contributed by atoms with E-state index in [0.717, 1.165) is 92.4 Å². The highest BCUT2D eigenvalue weighted by atomic mass is 16.5. The molecule has 4 atom stereocenters. The third-order valence-electron chi connectivity index (χ3n) is 17.0. The van der Waals surface area contributed by atoms with Gasteiger partial charge < -0.3 is 20.7 Å². The van der Waals surface area contributed by atoms with Gasteiger partial charge in [-0.25, -0.2) is 0 Å². The number of hydrogen-bond acceptors (Lipinski definition) is 10. The number of ether oxygens (including phenoxy) is 1. The fourth-order valence-electron chi connectivity index (χ4n) is 10.9. The second-order valence-electron chi connectivity index (χ2n) is 35.3. The maximum absolute atomic E-state index is 12.7. The van der Waals surface area contributed by atoms with Crippen LogP contribution in [0.15, 0.2) is 85.6 Å². The summed E-state index contributed by atoms with van der Waals surface area (Å²) in [6, 6.07) is 17.5. The van der Waals surface area contributed by atoms with E-state index in [1.807, 2.05) is 55.6 Å². The average molecular weight is 1280 g/mol. The zero-order chi connectivity index (χ0) is 70.0. The molecule has 0 radical (unpaired) electrons. The lowest BCUT2D eigenvalue weighted by atomic mass is 9.76. The molecule has 12 nitrogen and oxygen atoms in total. The van der Waals surface area contributed by atoms with Gasteiger partial charge in [0.15, 0.2) is 0 Å². The van der Waals surface area contributed by atoms with Gasteiger partial charge in [0.2, 0.25) is 11.8 Å². The highest BCUT2D eigenvalue weighted by Gasteiger charge is 2.34. The van der Waals surface area contributed by atoms with Gasteiger partial charge in [-0.2, -0.15) is 0 Å². The molecule has 0 saturated heterocycles. The first-order valence-electron chi connectivity index (χ1n) is 35.3. The van der Waals surface area contributed by atoms with E-state index in [2.05, 4.69) is 219 Å². The Hall–Kier alpha value is -5.10. The first kappa shape index (κ1) is 84.9. The molecule has 12 heteroatoms. The quantitative estimate of drug-likeness (QED) is 0.0353. The Labute approximate surface area is 564 Å². The van der Waals surface area contributed by atoms with Gasteiger partial charge in [0.1, 0.15) is 6.61 Å². The Bertz CT molecular complexity index is 2480. The molecule has 4 aromatic heterocycles. The van der Waals surface area contributed by atoms with Crippen LogP contribution < -0.4 is 16.0 Å². The Kier molecular flexibility index (Phi) is 37.8. The van der Waals surface area contributed by atoms with Crippen molar-refractivity contribution in [2.75, 3.05) is 6.54 Å². The zero-order valence-corrected chi connectivity index (χ0v) is 63.6. The van der Waals surface area contributed by atoms with E-state index in [-0.39, 0.29) is 58.4 Å². The van der Waals surface area contributed by atoms with E-state index in [9.17, 15) is 14.4 Å². The lowest BCUT2D eigenvalue weighted by molar-refractivity contribution is -0.154. The zero-order valence-electron chi connectivity index (χ0n) is 63.6. The number of esters is 1. The molecule has 4 aromatic rings. The monoisotopic (exact) mass is 1280 g/mol. The fourth-order valence-corrected chi connectivity index (χ4v) is 10.9. The molecule has 0 aliphatic carbocycles. The molecular weight excluding hydrogens is 1140 g/mol. The molecule has 522 valence electrons. The molecule has 4 heterocycles. The van der Waals surface area contributed by atoms with Gasteiger partial charge in [0.05, 0.1) is 53.7 Å². The number of nitrogens with zero attached hydrogens (tertiary/aromatic N) is 5. The molecule has 0 fully saturated rings. The van der Waals surface area contributed by atoms with Crippen molar-refractivity contribution in [2.24, 2.45) is 67.0 Å². The number of rotatable bonds is 29. The number of nitrogens with one attached hydrogen (secondary N) is 3. The van der Waals surface area contributed by atoms with Gasteiger partial charge in [0.25, 0.3) is 0 Å². The normalized spacial score (nSPS) is 13.8. The minimum Gasteiger partial charge on any atom is -0.459 e. The molecule has 0 spiro atoms. The van der Waals surface area contributed by atoms with Crippen molar-refractivity contribution in [3.8, 4) is 0 Å². The van der Waals surface area contributed by atoms with Crippen molar-refractivity contribution >= 4 is 17.8 Å². The Balaban J connectivity index is 0.000000614. The summed E-state index contributed by atoms with van der Waals surface area (Å²) in [5, 5.41) is 9.71. The molecule has 2 amide bonds. The van der Waals surface area contributed by atoms with Crippen LogP contribution in [0, 0.1) is 73.9 Å². The third kappa shape index (κ3) is 43.0. The summed E-state index contributed by atoms with van der Waals surface area (Å²) >= 11 is 0. The topological polar surface area (TPSA) is 161 Å². The summed E-state index contributed by atoms with van der Waals surface area (Å²) in [5.74, 6) is 0.905. The van der Waals surface area contributed by atoms with Crippen LogP contribution in [0.2, 0.25) is 0 Å². The molecule has 3 N–H and O–H groups in total. The molecule has 4 rings (SSSR count). The first-order chi connectivity index (χ1) is 42.4. The van der Waals surface area contributed by atoms with Crippen molar-refractivity contribution < 1.29 is 19.1 Å². The second-order valence-corrected chi connectivity index (χ2v) is 35.3. The first-order valence-corrected chi connectivity index (χ1v) is 35.3. The van der Waals surface area contributed by atoms with Crippen molar-refractivity contribution in [3.63, 3.8) is 0 Å². The van der Waals surface area contributed by atoms with Crippen molar-refractivity contribution in [3.05, 3.63) is 114 Å². The standard InChI is InChI=1S/C20H35N3O.C20H34N2O.C20H36N2.C20H33NO2/c1-15-12-22-16(13-21-15)14-23-18(24)17(20(5,6)7)10-8-9-11-19(2,3)4;1-19(2,3)13-9-7-12-17(20(4,5)6)18(23)22-15-16-11-8-10-14-21-16;1-19(2,3)13-9-7-11-17(20(4,5)6)15-21-16-18-12-8-10-14-22-18;1-19(2,3)13-9-7-12-17(20(4,5)6)18(22)23-15-16-11-8-10-14-21-16/h12-13,17H,8-11,14H2,1-7H3,(H,23,24);8,10-11,14,17H,7,9,12-13,15H2,1-6H3,(H,22,23);8,10,12,14,17,21H,7,9,11,13,15-16H2,1-6H3;8,10-11,14,17H,7,9,12-13,15H2,1-6H3. The van der Waals surface area contributed by atoms with Crippen LogP contribution in [0.1, 0.15) is 297 Å². The molecule has 0 aliphatic heterocycles. The third-order valence-corrected chi connectivity index (χ3v) is 17.0. The molecule has 4 unspecified atom stereocenters. The van der Waals surface area contributed by atoms with Gasteiger partial charge in [-0.3, -0.25) is 39.3 Å². The highest BCUT2D eigenvalue weighted by molar-refractivity contribution is 5.79. The van der Waals surface area contributed by atoms with Gasteiger partial charge in [-0.05, 0) is 150 Å². The second kappa shape index (κ2) is 41.0. The molecule has 0 saturated carbocycles. The largest absolute Gasteiger partial charge is 0.459 e. The predicted octanol–water partition coefficient (Wildman–Crippen LogP) is 20.5. The van der Waals surface area contributed by atoms with Crippen LogP contribution in [-0.4, -0.2) is 49.2 Å². The highest BCUT2D eigenvalue weighted by Crippen LogP contribution is 2.36. The van der Waals surface area contributed by atoms with Gasteiger partial charge in [-0.15, -0.1) is 0 Å². The number of carbonyl (C=O) groups excluding carboxylic acids is 3. The molecule has 0 bridgehead atoms. The van der Waals surface area contributed by atoms with Gasteiger partial charge in [-0.1, -0.05) is 236 Å². The van der Waals surface area contributed by atoms with Crippen LogP contribution >= 0.6 is 0 Å². The van der Waals surface area contributed by atoms with Crippen LogP contribution in [-0.2, 0) is 45.4 Å². The van der Waals surface area contributed by atoms with E-state index >= 15 is 0 Å². The van der Waals surface area contributed by atoms with E-state index in [4.69, 9.17) is 4.74 Å². The number of aromatic nitrogens is 5. The summed E-state index contributed by atoms with van der Waals surface area (Å²) < 4.78 is 5.51. The van der Waals surface area contributed by atoms with E-state index in [0.29, 0.717) is 40.2 Å². The summed E-state index contributed by atoms with van der Waals surface area (Å²) in [4.78, 5) is 59.1. The number of pyridine rings is 3. The van der Waals surface area contributed by atoms with Crippen LogP contribution in [0.25, 0.3) is 0 Å². The summed E-state index contributed by atoms with van der Waals surface area (Å²) in [7, 11) is 0. The van der Waals surface area contributed by atoms with E-state index < -0.39 is 0 Å².